The number of hydrogen-bond donors (Lipinski definition) is 1. The van der Waals surface area contributed by atoms with Crippen LogP contribution in [0, 0.1) is 6.92 Å². The molecule has 1 N–H and O–H groups in total. The molecule has 2 aromatic rings. The van der Waals surface area contributed by atoms with Crippen molar-refractivity contribution in [3.05, 3.63) is 29.8 Å². The summed E-state index contributed by atoms with van der Waals surface area (Å²) in [4.78, 5) is 24.9. The molecule has 7 nitrogen and oxygen atoms in total. The van der Waals surface area contributed by atoms with Gasteiger partial charge >= 0.3 is 0 Å². The Balaban J connectivity index is 2.10. The summed E-state index contributed by atoms with van der Waals surface area (Å²) in [5.41, 5.74) is 2.16. The minimum atomic E-state index is -0.195. The van der Waals surface area contributed by atoms with E-state index in [1.54, 1.807) is 14.1 Å². The van der Waals surface area contributed by atoms with Crippen LogP contribution in [0.2, 0.25) is 0 Å². The molecule has 2 rings (SSSR count). The van der Waals surface area contributed by atoms with Crippen LogP contribution in [0.4, 0.5) is 0 Å². The Hall–Kier alpha value is -2.35. The second kappa shape index (κ2) is 8.66. The number of aryl methyl sites for hydroxylation is 1. The van der Waals surface area contributed by atoms with E-state index >= 15 is 0 Å². The van der Waals surface area contributed by atoms with Crippen molar-refractivity contribution < 1.29 is 9.59 Å². The molecule has 1 aromatic carbocycles. The predicted molar refractivity (Wildman–Crippen MR) is 98.3 cm³/mol. The number of nitrogens with one attached hydrogen (secondary N) is 1. The van der Waals surface area contributed by atoms with E-state index < -0.39 is 0 Å². The van der Waals surface area contributed by atoms with Gasteiger partial charge in [-0.1, -0.05) is 36.0 Å². The van der Waals surface area contributed by atoms with Gasteiger partial charge in [0.05, 0.1) is 12.3 Å². The maximum atomic E-state index is 12.2. The molecule has 0 aliphatic carbocycles. The first-order valence-electron chi connectivity index (χ1n) is 8.04. The lowest BCUT2D eigenvalue weighted by molar-refractivity contribution is -0.132. The number of aromatic nitrogens is 3. The first-order chi connectivity index (χ1) is 12.0. The summed E-state index contributed by atoms with van der Waals surface area (Å²) in [5, 5.41) is 11.7. The minimum absolute atomic E-state index is 0.0465. The number of hydrogen-bond acceptors (Lipinski definition) is 5. The highest BCUT2D eigenvalue weighted by Gasteiger charge is 2.17. The molecule has 0 spiro atoms. The normalized spacial score (nSPS) is 10.6. The summed E-state index contributed by atoms with van der Waals surface area (Å²) in [5.74, 6) is 0.685. The molecular weight excluding hydrogens is 338 g/mol. The molecule has 0 unspecified atom stereocenters. The first kappa shape index (κ1) is 19.0. The quantitative estimate of drug-likeness (QED) is 0.757. The van der Waals surface area contributed by atoms with Crippen molar-refractivity contribution in [3.63, 3.8) is 0 Å². The largest absolute Gasteiger partial charge is 0.358 e. The van der Waals surface area contributed by atoms with Gasteiger partial charge in [0.1, 0.15) is 0 Å². The Morgan fingerprint density at radius 3 is 2.64 bits per heavy atom. The lowest BCUT2D eigenvalue weighted by atomic mass is 10.1. The molecule has 1 heterocycles. The molecule has 0 aliphatic rings. The third kappa shape index (κ3) is 4.60. The van der Waals surface area contributed by atoms with E-state index in [1.807, 2.05) is 42.7 Å². The van der Waals surface area contributed by atoms with Gasteiger partial charge < -0.3 is 14.8 Å². The molecule has 0 saturated heterocycles. The Labute approximate surface area is 151 Å². The van der Waals surface area contributed by atoms with Crippen LogP contribution in [0.5, 0.6) is 0 Å². The van der Waals surface area contributed by atoms with Crippen LogP contribution >= 0.6 is 11.8 Å². The van der Waals surface area contributed by atoms with Gasteiger partial charge in [-0.25, -0.2) is 0 Å². The van der Waals surface area contributed by atoms with Crippen LogP contribution in [0.1, 0.15) is 12.5 Å². The van der Waals surface area contributed by atoms with Crippen molar-refractivity contribution in [1.29, 1.82) is 0 Å². The van der Waals surface area contributed by atoms with Gasteiger partial charge in [-0.15, -0.1) is 10.2 Å². The molecule has 25 heavy (non-hydrogen) atoms. The van der Waals surface area contributed by atoms with Gasteiger partial charge in [0.2, 0.25) is 11.8 Å². The summed E-state index contributed by atoms with van der Waals surface area (Å²) in [6.45, 7) is 4.81. The third-order valence-electron chi connectivity index (χ3n) is 3.83. The second-order valence-corrected chi connectivity index (χ2v) is 6.52. The fourth-order valence-electron chi connectivity index (χ4n) is 2.32. The van der Waals surface area contributed by atoms with Gasteiger partial charge in [0, 0.05) is 26.2 Å². The number of carbonyl (C=O) groups excluding carboxylic acids is 2. The molecular formula is C17H23N5O2S. The highest BCUT2D eigenvalue weighted by molar-refractivity contribution is 7.99. The number of thioether (sulfide) groups is 1. The van der Waals surface area contributed by atoms with Gasteiger partial charge in [0.25, 0.3) is 0 Å². The minimum Gasteiger partial charge on any atom is -0.358 e. The van der Waals surface area contributed by atoms with Crippen LogP contribution in [-0.2, 0) is 16.1 Å². The predicted octanol–water partition coefficient (Wildman–Crippen LogP) is 1.57. The van der Waals surface area contributed by atoms with E-state index in [0.717, 1.165) is 17.0 Å². The highest BCUT2D eigenvalue weighted by Crippen LogP contribution is 2.26. The number of benzene rings is 1. The van der Waals surface area contributed by atoms with E-state index in [2.05, 4.69) is 15.5 Å². The van der Waals surface area contributed by atoms with E-state index in [-0.39, 0.29) is 24.1 Å². The van der Waals surface area contributed by atoms with Crippen molar-refractivity contribution in [1.82, 2.24) is 25.0 Å². The number of nitrogens with zero attached hydrogens (tertiary/aromatic N) is 4. The van der Waals surface area contributed by atoms with Crippen LogP contribution < -0.4 is 5.32 Å². The van der Waals surface area contributed by atoms with Crippen molar-refractivity contribution in [2.24, 2.45) is 0 Å². The zero-order chi connectivity index (χ0) is 18.4. The number of rotatable bonds is 7. The molecule has 1 aromatic heterocycles. The Kier molecular flexibility index (Phi) is 6.58. The van der Waals surface area contributed by atoms with Crippen LogP contribution in [0.3, 0.4) is 0 Å². The van der Waals surface area contributed by atoms with E-state index in [1.165, 1.54) is 16.7 Å². The lowest BCUT2D eigenvalue weighted by Gasteiger charge is -2.15. The Bertz CT molecular complexity index is 759. The molecule has 0 fully saturated rings. The smallest absolute Gasteiger partial charge is 0.239 e. The van der Waals surface area contributed by atoms with Gasteiger partial charge in [-0.05, 0) is 19.4 Å². The van der Waals surface area contributed by atoms with Gasteiger partial charge in [-0.3, -0.25) is 9.59 Å². The number of carbonyl (C=O) groups is 2. The standard InChI is InChI=1S/C17H23N5O2S/c1-5-22-16(13-9-7-6-8-12(13)2)19-20-17(22)25-11-15(24)21(4)10-14(23)18-3/h6-9H,5,10-11H2,1-4H3,(H,18,23). The van der Waals surface area contributed by atoms with Crippen molar-refractivity contribution in [2.75, 3.05) is 26.4 Å². The molecule has 0 bridgehead atoms. The molecule has 0 radical (unpaired) electrons. The summed E-state index contributed by atoms with van der Waals surface area (Å²) in [6.07, 6.45) is 0. The summed E-state index contributed by atoms with van der Waals surface area (Å²) >= 11 is 1.33. The molecule has 134 valence electrons. The van der Waals surface area contributed by atoms with Crippen molar-refractivity contribution >= 4 is 23.6 Å². The van der Waals surface area contributed by atoms with Gasteiger partial charge in [0.15, 0.2) is 11.0 Å². The first-order valence-corrected chi connectivity index (χ1v) is 9.03. The fraction of sp³-hybridized carbons (Fsp3) is 0.412. The zero-order valence-electron chi connectivity index (χ0n) is 14.9. The van der Waals surface area contributed by atoms with Crippen LogP contribution in [0.25, 0.3) is 11.4 Å². The highest BCUT2D eigenvalue weighted by atomic mass is 32.2. The number of amides is 2. The van der Waals surface area contributed by atoms with Crippen LogP contribution in [-0.4, -0.2) is 57.9 Å². The fourth-order valence-corrected chi connectivity index (χ4v) is 3.27. The van der Waals surface area contributed by atoms with Crippen molar-refractivity contribution in [3.8, 4) is 11.4 Å². The number of likely N-dealkylation sites (N-methyl/N-ethyl adjacent to an activating group) is 2. The molecule has 2 amide bonds. The summed E-state index contributed by atoms with van der Waals surface area (Å²) in [7, 11) is 3.16. The lowest BCUT2D eigenvalue weighted by Crippen LogP contribution is -2.37. The average Bonchev–Trinajstić information content (AvgIpc) is 3.02. The third-order valence-corrected chi connectivity index (χ3v) is 4.78. The SMILES string of the molecule is CCn1c(SCC(=O)N(C)CC(=O)NC)nnc1-c1ccccc1C. The summed E-state index contributed by atoms with van der Waals surface area (Å²) < 4.78 is 2.00. The Morgan fingerprint density at radius 1 is 1.28 bits per heavy atom. The van der Waals surface area contributed by atoms with E-state index in [0.29, 0.717) is 11.7 Å². The van der Waals surface area contributed by atoms with Crippen molar-refractivity contribution in [2.45, 2.75) is 25.5 Å². The molecule has 0 atom stereocenters. The van der Waals surface area contributed by atoms with E-state index in [9.17, 15) is 9.59 Å². The average molecular weight is 361 g/mol. The molecule has 8 heteroatoms. The molecule has 0 saturated carbocycles. The maximum absolute atomic E-state index is 12.2. The van der Waals surface area contributed by atoms with Crippen LogP contribution in [0.15, 0.2) is 29.4 Å². The summed E-state index contributed by atoms with van der Waals surface area (Å²) in [6, 6.07) is 8.01. The maximum Gasteiger partial charge on any atom is 0.239 e. The van der Waals surface area contributed by atoms with Gasteiger partial charge in [-0.2, -0.15) is 0 Å². The molecule has 0 aliphatic heterocycles. The second-order valence-electron chi connectivity index (χ2n) is 5.58. The Morgan fingerprint density at radius 2 is 2.00 bits per heavy atom. The zero-order valence-corrected chi connectivity index (χ0v) is 15.8. The monoisotopic (exact) mass is 361 g/mol. The topological polar surface area (TPSA) is 80.1 Å². The van der Waals surface area contributed by atoms with E-state index in [4.69, 9.17) is 0 Å².